The first-order valence-electron chi connectivity index (χ1n) is 11.2. The van der Waals surface area contributed by atoms with Crippen LogP contribution < -0.4 is 20.1 Å². The van der Waals surface area contributed by atoms with Crippen molar-refractivity contribution in [2.45, 2.75) is 65.6 Å². The summed E-state index contributed by atoms with van der Waals surface area (Å²) in [6.07, 6.45) is 0.0941. The number of hydrogen-bond donors (Lipinski definition) is 2. The smallest absolute Gasteiger partial charge is 0.407 e. The molecule has 0 aliphatic rings. The number of ether oxygens (including phenoxy) is 5. The number of benzene rings is 1. The van der Waals surface area contributed by atoms with Crippen LogP contribution in [0.5, 0.6) is 11.5 Å². The number of amides is 2. The Bertz CT molecular complexity index is 767. The van der Waals surface area contributed by atoms with Crippen molar-refractivity contribution in [3.05, 3.63) is 23.8 Å². The maximum absolute atomic E-state index is 12.0. The lowest BCUT2D eigenvalue weighted by molar-refractivity contribution is 0.0514. The zero-order valence-electron chi connectivity index (χ0n) is 21.2. The van der Waals surface area contributed by atoms with Gasteiger partial charge in [0, 0.05) is 22.0 Å². The molecule has 0 aromatic heterocycles. The van der Waals surface area contributed by atoms with Gasteiger partial charge in [-0.15, -0.1) is 0 Å². The second kappa shape index (κ2) is 13.5. The van der Waals surface area contributed by atoms with Crippen molar-refractivity contribution in [1.29, 1.82) is 0 Å². The molecular formula is C24H42N2O8. The van der Waals surface area contributed by atoms with Crippen molar-refractivity contribution in [2.24, 2.45) is 0 Å². The summed E-state index contributed by atoms with van der Waals surface area (Å²) in [6.45, 7) is 12.1. The lowest BCUT2D eigenvalue weighted by Gasteiger charge is -2.19. The molecule has 10 nitrogen and oxygen atoms in total. The Balaban J connectivity index is 0. The van der Waals surface area contributed by atoms with Crippen molar-refractivity contribution in [1.82, 2.24) is 10.6 Å². The van der Waals surface area contributed by atoms with E-state index in [0.717, 1.165) is 0 Å². The minimum Gasteiger partial charge on any atom is -0.493 e. The molecular weight excluding hydrogens is 444 g/mol. The molecule has 0 spiro atoms. The van der Waals surface area contributed by atoms with Gasteiger partial charge in [0.2, 0.25) is 0 Å². The Kier molecular flexibility index (Phi) is 11.5. The van der Waals surface area contributed by atoms with Gasteiger partial charge in [-0.3, -0.25) is 0 Å². The Hall–Kier alpha value is -3.17. The van der Waals surface area contributed by atoms with Crippen LogP contribution in [0.1, 0.15) is 67.6 Å². The topological polar surface area (TPSA) is 121 Å². The highest BCUT2D eigenvalue weighted by Gasteiger charge is 2.16. The summed E-state index contributed by atoms with van der Waals surface area (Å²) in [5.74, 6) is 0.345. The summed E-state index contributed by atoms with van der Waals surface area (Å²) >= 11 is 0. The largest absolute Gasteiger partial charge is 0.493 e. The summed E-state index contributed by atoms with van der Waals surface area (Å²) in [5.41, 5.74) is -0.831. The lowest BCUT2D eigenvalue weighted by atomic mass is 10.2. The van der Waals surface area contributed by atoms with Gasteiger partial charge in [-0.1, -0.05) is 0 Å². The Morgan fingerprint density at radius 1 is 0.765 bits per heavy atom. The van der Waals surface area contributed by atoms with Crippen LogP contribution in [0.2, 0.25) is 0 Å². The van der Waals surface area contributed by atoms with E-state index in [4.69, 9.17) is 23.7 Å². The quantitative estimate of drug-likeness (QED) is 0.265. The highest BCUT2D eigenvalue weighted by Crippen LogP contribution is 2.24. The second-order valence-corrected chi connectivity index (χ2v) is 9.45. The number of methoxy groups -OCH3 is 1. The third kappa shape index (κ3) is 13.4. The Morgan fingerprint density at radius 3 is 1.53 bits per heavy atom. The fourth-order valence-electron chi connectivity index (χ4n) is 2.51. The zero-order valence-corrected chi connectivity index (χ0v) is 21.2. The van der Waals surface area contributed by atoms with Gasteiger partial charge in [-0.05, 0) is 66.5 Å². The molecule has 196 valence electrons. The molecule has 1 aromatic rings. The highest BCUT2D eigenvalue weighted by atomic mass is 16.6. The number of carbonyl (C=O) groups is 3. The summed E-state index contributed by atoms with van der Waals surface area (Å²) in [5, 5.41) is 5.31. The molecule has 1 rings (SSSR count). The fourth-order valence-corrected chi connectivity index (χ4v) is 2.51. The van der Waals surface area contributed by atoms with Gasteiger partial charge in [0.05, 0.1) is 25.9 Å². The maximum Gasteiger partial charge on any atom is 0.407 e. The summed E-state index contributed by atoms with van der Waals surface area (Å²) < 4.78 is 26.6. The highest BCUT2D eigenvalue weighted by molar-refractivity contribution is 5.90. The predicted octanol–water partition coefficient (Wildman–Crippen LogP) is 4.55. The molecule has 0 bridgehead atoms. The SMILES string of the molecule is COC(=O)c1cc(OCCCNC(=O)OC(C)(C)C)cc(OCCCNC(=O)OC(C)(C)C)c1.[HH].[HH]. The normalized spacial score (nSPS) is 11.3. The maximum atomic E-state index is 12.0. The van der Waals surface area contributed by atoms with Gasteiger partial charge in [0.25, 0.3) is 0 Å². The minimum atomic E-state index is -0.558. The van der Waals surface area contributed by atoms with Crippen LogP contribution in [0, 0.1) is 0 Å². The molecule has 10 heteroatoms. The van der Waals surface area contributed by atoms with E-state index < -0.39 is 29.4 Å². The van der Waals surface area contributed by atoms with Gasteiger partial charge in [-0.25, -0.2) is 14.4 Å². The molecule has 0 unspecified atom stereocenters. The molecule has 0 aliphatic heterocycles. The Morgan fingerprint density at radius 2 is 1.18 bits per heavy atom. The van der Waals surface area contributed by atoms with Crippen molar-refractivity contribution in [3.63, 3.8) is 0 Å². The fraction of sp³-hybridized carbons (Fsp3) is 0.625. The molecule has 34 heavy (non-hydrogen) atoms. The first-order chi connectivity index (χ1) is 15.8. The van der Waals surface area contributed by atoms with Crippen LogP contribution in [0.3, 0.4) is 0 Å². The monoisotopic (exact) mass is 486 g/mol. The average molecular weight is 487 g/mol. The van der Waals surface area contributed by atoms with E-state index in [9.17, 15) is 14.4 Å². The van der Waals surface area contributed by atoms with Crippen LogP contribution in [0.15, 0.2) is 18.2 Å². The van der Waals surface area contributed by atoms with Crippen molar-refractivity contribution < 1.29 is 40.9 Å². The first kappa shape index (κ1) is 28.9. The summed E-state index contributed by atoms with van der Waals surface area (Å²) in [7, 11) is 1.29. The molecule has 0 radical (unpaired) electrons. The molecule has 1 aromatic carbocycles. The number of nitrogens with one attached hydrogen (secondary N) is 2. The van der Waals surface area contributed by atoms with E-state index in [-0.39, 0.29) is 8.42 Å². The van der Waals surface area contributed by atoms with Gasteiger partial charge in [-0.2, -0.15) is 0 Å². The molecule has 0 atom stereocenters. The van der Waals surface area contributed by atoms with Gasteiger partial charge in [0.1, 0.15) is 22.7 Å². The average Bonchev–Trinajstić information content (AvgIpc) is 2.70. The molecule has 0 aliphatic carbocycles. The Labute approximate surface area is 204 Å². The third-order valence-corrected chi connectivity index (χ3v) is 3.82. The first-order valence-corrected chi connectivity index (χ1v) is 11.2. The third-order valence-electron chi connectivity index (χ3n) is 3.82. The van der Waals surface area contributed by atoms with Gasteiger partial charge >= 0.3 is 18.2 Å². The minimum absolute atomic E-state index is 0. The van der Waals surface area contributed by atoms with E-state index in [1.807, 2.05) is 0 Å². The van der Waals surface area contributed by atoms with Crippen molar-refractivity contribution in [2.75, 3.05) is 33.4 Å². The van der Waals surface area contributed by atoms with Crippen LogP contribution in [0.4, 0.5) is 9.59 Å². The molecule has 0 saturated carbocycles. The van der Waals surface area contributed by atoms with Crippen molar-refractivity contribution >= 4 is 18.2 Å². The number of esters is 1. The lowest BCUT2D eigenvalue weighted by Crippen LogP contribution is -2.33. The van der Waals surface area contributed by atoms with Gasteiger partial charge in [0.15, 0.2) is 0 Å². The predicted molar refractivity (Wildman–Crippen MR) is 131 cm³/mol. The standard InChI is InChI=1S/C24H38N2O8.2H2/c1-23(2,3)33-21(28)25-10-8-12-31-18-14-17(20(27)30-7)15-19(16-18)32-13-9-11-26-22(29)34-24(4,5)6;;/h14-16H,8-13H2,1-7H3,(H,25,28)(H,26,29);2*1H. The molecule has 2 amide bonds. The van der Waals surface area contributed by atoms with Crippen LogP contribution in [0.25, 0.3) is 0 Å². The van der Waals surface area contributed by atoms with E-state index in [2.05, 4.69) is 10.6 Å². The number of alkyl carbamates (subject to hydrolysis) is 2. The number of rotatable bonds is 11. The summed E-state index contributed by atoms with van der Waals surface area (Å²) in [4.78, 5) is 35.3. The molecule has 0 fully saturated rings. The summed E-state index contributed by atoms with van der Waals surface area (Å²) in [6, 6.07) is 4.78. The van der Waals surface area contributed by atoms with E-state index in [1.54, 1.807) is 59.7 Å². The zero-order chi connectivity index (χ0) is 25.8. The van der Waals surface area contributed by atoms with Crippen molar-refractivity contribution in [3.8, 4) is 11.5 Å². The van der Waals surface area contributed by atoms with Crippen LogP contribution in [-0.2, 0) is 14.2 Å². The second-order valence-electron chi connectivity index (χ2n) is 9.45. The van der Waals surface area contributed by atoms with Crippen LogP contribution in [-0.4, -0.2) is 62.8 Å². The van der Waals surface area contributed by atoms with Gasteiger partial charge < -0.3 is 34.3 Å². The number of hydrogen-bond acceptors (Lipinski definition) is 8. The van der Waals surface area contributed by atoms with E-state index in [1.165, 1.54) is 7.11 Å². The molecule has 0 heterocycles. The number of carbonyl (C=O) groups excluding carboxylic acids is 3. The molecule has 2 N–H and O–H groups in total. The van der Waals surface area contributed by atoms with E-state index >= 15 is 0 Å². The van der Waals surface area contributed by atoms with Crippen LogP contribution >= 0.6 is 0 Å². The molecule has 0 saturated heterocycles. The van der Waals surface area contributed by atoms with E-state index in [0.29, 0.717) is 50.6 Å².